The molecule has 0 aliphatic rings. The highest BCUT2D eigenvalue weighted by atomic mass is 16.5. The van der Waals surface area contributed by atoms with Crippen LogP contribution in [0, 0.1) is 0 Å². The molecule has 0 aromatic rings. The highest BCUT2D eigenvalue weighted by Crippen LogP contribution is 2.06. The van der Waals surface area contributed by atoms with Crippen LogP contribution in [-0.4, -0.2) is 31.9 Å². The van der Waals surface area contributed by atoms with Gasteiger partial charge in [-0.05, 0) is 12.8 Å². The number of methoxy groups -OCH3 is 2. The summed E-state index contributed by atoms with van der Waals surface area (Å²) in [6, 6.07) is 0. The van der Waals surface area contributed by atoms with Gasteiger partial charge in [0, 0.05) is 19.3 Å². The minimum Gasteiger partial charge on any atom is -0.469 e. The fourth-order valence-electron chi connectivity index (χ4n) is 1.34. The van der Waals surface area contributed by atoms with Crippen molar-refractivity contribution in [2.24, 2.45) is 0 Å². The van der Waals surface area contributed by atoms with E-state index in [0.29, 0.717) is 12.8 Å². The summed E-state index contributed by atoms with van der Waals surface area (Å²) in [5.74, 6) is -0.514. The smallest absolute Gasteiger partial charge is 0.305 e. The average molecular weight is 244 g/mol. The summed E-state index contributed by atoms with van der Waals surface area (Å²) in [6.07, 6.45) is 3.54. The molecular weight excluding hydrogens is 224 g/mol. The van der Waals surface area contributed by atoms with Gasteiger partial charge in [-0.2, -0.15) is 0 Å². The summed E-state index contributed by atoms with van der Waals surface area (Å²) in [5, 5.41) is 0. The molecule has 0 aromatic heterocycles. The molecular formula is C12H20O5. The summed E-state index contributed by atoms with van der Waals surface area (Å²) >= 11 is 0. The standard InChI is InChI=1S/C12H20O5/c1-16-11(14)7-5-3-4-6-10(13)8-9-12(15)17-2/h3-9H2,1-2H3. The van der Waals surface area contributed by atoms with Crippen LogP contribution in [0.1, 0.15) is 44.9 Å². The maximum absolute atomic E-state index is 11.3. The lowest BCUT2D eigenvalue weighted by Gasteiger charge is -2.01. The van der Waals surface area contributed by atoms with E-state index in [-0.39, 0.29) is 30.6 Å². The number of unbranched alkanes of at least 4 members (excludes halogenated alkanes) is 2. The van der Waals surface area contributed by atoms with E-state index in [1.807, 2.05) is 0 Å². The number of hydrogen-bond acceptors (Lipinski definition) is 5. The number of carbonyl (C=O) groups excluding carboxylic acids is 3. The Bertz CT molecular complexity index is 260. The van der Waals surface area contributed by atoms with Crippen LogP contribution in [0.4, 0.5) is 0 Å². The topological polar surface area (TPSA) is 69.7 Å². The van der Waals surface area contributed by atoms with E-state index in [1.165, 1.54) is 14.2 Å². The largest absolute Gasteiger partial charge is 0.469 e. The highest BCUT2D eigenvalue weighted by Gasteiger charge is 2.07. The molecule has 5 heteroatoms. The highest BCUT2D eigenvalue weighted by molar-refractivity contribution is 5.82. The quantitative estimate of drug-likeness (QED) is 0.455. The second kappa shape index (κ2) is 9.81. The van der Waals surface area contributed by atoms with Gasteiger partial charge in [-0.15, -0.1) is 0 Å². The third-order valence-corrected chi connectivity index (χ3v) is 2.40. The lowest BCUT2D eigenvalue weighted by molar-refractivity contribution is -0.142. The van der Waals surface area contributed by atoms with Crippen LogP contribution in [0.3, 0.4) is 0 Å². The van der Waals surface area contributed by atoms with Gasteiger partial charge in [-0.3, -0.25) is 14.4 Å². The molecule has 0 bridgehead atoms. The minimum absolute atomic E-state index is 0.0634. The molecule has 0 rings (SSSR count). The number of Topliss-reactive ketones (excluding diaryl/α,β-unsaturated/α-hetero) is 1. The molecule has 0 radical (unpaired) electrons. The van der Waals surface area contributed by atoms with Crippen molar-refractivity contribution >= 4 is 17.7 Å². The lowest BCUT2D eigenvalue weighted by atomic mass is 10.1. The van der Waals surface area contributed by atoms with E-state index < -0.39 is 0 Å². The summed E-state index contributed by atoms with van der Waals surface area (Å²) in [4.78, 5) is 32.9. The monoisotopic (exact) mass is 244 g/mol. The van der Waals surface area contributed by atoms with Gasteiger partial charge in [0.25, 0.3) is 0 Å². The zero-order chi connectivity index (χ0) is 13.1. The Hall–Kier alpha value is -1.39. The first-order chi connectivity index (χ1) is 8.10. The predicted molar refractivity (Wildman–Crippen MR) is 61.4 cm³/mol. The van der Waals surface area contributed by atoms with Crippen LogP contribution in [0.2, 0.25) is 0 Å². The van der Waals surface area contributed by atoms with Gasteiger partial charge in [0.05, 0.1) is 20.6 Å². The molecule has 98 valence electrons. The van der Waals surface area contributed by atoms with Crippen molar-refractivity contribution in [3.63, 3.8) is 0 Å². The van der Waals surface area contributed by atoms with E-state index in [1.54, 1.807) is 0 Å². The third-order valence-electron chi connectivity index (χ3n) is 2.40. The first kappa shape index (κ1) is 15.6. The molecule has 0 aromatic carbocycles. The summed E-state index contributed by atoms with van der Waals surface area (Å²) in [7, 11) is 2.66. The number of esters is 2. The maximum atomic E-state index is 11.3. The van der Waals surface area contributed by atoms with Crippen LogP contribution in [0.5, 0.6) is 0 Å². The van der Waals surface area contributed by atoms with Crippen LogP contribution in [0.25, 0.3) is 0 Å². The zero-order valence-electron chi connectivity index (χ0n) is 10.5. The van der Waals surface area contributed by atoms with Crippen molar-refractivity contribution in [2.75, 3.05) is 14.2 Å². The number of rotatable bonds is 9. The predicted octanol–water partition coefficient (Wildman–Crippen LogP) is 1.63. The molecule has 0 saturated carbocycles. The van der Waals surface area contributed by atoms with E-state index in [2.05, 4.69) is 9.47 Å². The Labute approximate surface area is 101 Å². The van der Waals surface area contributed by atoms with Crippen molar-refractivity contribution in [3.05, 3.63) is 0 Å². The number of ether oxygens (including phenoxy) is 2. The van der Waals surface area contributed by atoms with Crippen LogP contribution < -0.4 is 0 Å². The molecule has 0 unspecified atom stereocenters. The summed E-state index contributed by atoms with van der Waals surface area (Å²) < 4.78 is 8.94. The molecule has 0 N–H and O–H groups in total. The maximum Gasteiger partial charge on any atom is 0.305 e. The molecule has 5 nitrogen and oxygen atoms in total. The Morgan fingerprint density at radius 1 is 0.706 bits per heavy atom. The Morgan fingerprint density at radius 2 is 1.24 bits per heavy atom. The lowest BCUT2D eigenvalue weighted by Crippen LogP contribution is -2.05. The molecule has 0 spiro atoms. The van der Waals surface area contributed by atoms with Crippen molar-refractivity contribution in [3.8, 4) is 0 Å². The Kier molecular flexibility index (Phi) is 9.01. The SMILES string of the molecule is COC(=O)CCCCCC(=O)CCC(=O)OC. The van der Waals surface area contributed by atoms with Crippen molar-refractivity contribution in [1.82, 2.24) is 0 Å². The Morgan fingerprint density at radius 3 is 1.82 bits per heavy atom. The van der Waals surface area contributed by atoms with Gasteiger partial charge in [0.2, 0.25) is 0 Å². The number of carbonyl (C=O) groups is 3. The van der Waals surface area contributed by atoms with Gasteiger partial charge < -0.3 is 9.47 Å². The summed E-state index contributed by atoms with van der Waals surface area (Å²) in [5.41, 5.74) is 0. The fraction of sp³-hybridized carbons (Fsp3) is 0.750. The van der Waals surface area contributed by atoms with E-state index in [0.717, 1.165) is 19.3 Å². The van der Waals surface area contributed by atoms with Crippen LogP contribution >= 0.6 is 0 Å². The van der Waals surface area contributed by atoms with Crippen molar-refractivity contribution in [1.29, 1.82) is 0 Å². The molecule has 17 heavy (non-hydrogen) atoms. The third kappa shape index (κ3) is 9.53. The van der Waals surface area contributed by atoms with Gasteiger partial charge in [-0.1, -0.05) is 6.42 Å². The normalized spacial score (nSPS) is 9.76. The molecule has 0 atom stereocenters. The van der Waals surface area contributed by atoms with Crippen molar-refractivity contribution in [2.45, 2.75) is 44.9 Å². The van der Waals surface area contributed by atoms with Gasteiger partial charge in [-0.25, -0.2) is 0 Å². The second-order valence-electron chi connectivity index (χ2n) is 3.75. The zero-order valence-corrected chi connectivity index (χ0v) is 10.5. The van der Waals surface area contributed by atoms with Gasteiger partial charge >= 0.3 is 11.9 Å². The minimum atomic E-state index is -0.357. The van der Waals surface area contributed by atoms with E-state index >= 15 is 0 Å². The number of hydrogen-bond donors (Lipinski definition) is 0. The van der Waals surface area contributed by atoms with Crippen molar-refractivity contribution < 1.29 is 23.9 Å². The van der Waals surface area contributed by atoms with Crippen LogP contribution in [0.15, 0.2) is 0 Å². The number of ketones is 1. The molecule has 0 amide bonds. The van der Waals surface area contributed by atoms with Gasteiger partial charge in [0.1, 0.15) is 5.78 Å². The van der Waals surface area contributed by atoms with Crippen LogP contribution in [-0.2, 0) is 23.9 Å². The molecule has 0 heterocycles. The molecule has 0 aliphatic heterocycles. The Balaban J connectivity index is 3.39. The molecule has 0 saturated heterocycles. The average Bonchev–Trinajstić information content (AvgIpc) is 2.34. The van der Waals surface area contributed by atoms with E-state index in [4.69, 9.17) is 0 Å². The first-order valence-electron chi connectivity index (χ1n) is 5.75. The second-order valence-corrected chi connectivity index (χ2v) is 3.75. The van der Waals surface area contributed by atoms with E-state index in [9.17, 15) is 14.4 Å². The summed E-state index contributed by atoms with van der Waals surface area (Å²) in [6.45, 7) is 0. The molecule has 0 aliphatic carbocycles. The molecule has 0 fully saturated rings. The first-order valence-corrected chi connectivity index (χ1v) is 5.75. The fourth-order valence-corrected chi connectivity index (χ4v) is 1.34. The van der Waals surface area contributed by atoms with Gasteiger partial charge in [0.15, 0.2) is 0 Å².